The van der Waals surface area contributed by atoms with Crippen LogP contribution in [0.5, 0.6) is 0 Å². The van der Waals surface area contributed by atoms with E-state index >= 15 is 0 Å². The van der Waals surface area contributed by atoms with Gasteiger partial charge in [-0.3, -0.25) is 9.80 Å². The molecule has 0 aromatic heterocycles. The lowest BCUT2D eigenvalue weighted by Gasteiger charge is -2.41. The minimum atomic E-state index is -0.803. The highest BCUT2D eigenvalue weighted by Gasteiger charge is 2.34. The average molecular weight is 377 g/mol. The first-order chi connectivity index (χ1) is 13.5. The van der Waals surface area contributed by atoms with Gasteiger partial charge in [0.1, 0.15) is 5.66 Å². The number of allylic oxidation sites excluding steroid dienone is 1. The lowest BCUT2D eigenvalue weighted by Crippen LogP contribution is -2.55. The normalized spacial score (nSPS) is 19.1. The van der Waals surface area contributed by atoms with Gasteiger partial charge in [-0.05, 0) is 43.4 Å². The number of benzene rings is 2. The molecule has 0 fully saturated rings. The summed E-state index contributed by atoms with van der Waals surface area (Å²) in [4.78, 5) is 10.9. The monoisotopic (exact) mass is 377 g/mol. The summed E-state index contributed by atoms with van der Waals surface area (Å²) in [7, 11) is 0. The highest BCUT2D eigenvalue weighted by atomic mass is 16.4. The summed E-state index contributed by atoms with van der Waals surface area (Å²) in [6, 6.07) is 20.3. The van der Waals surface area contributed by atoms with E-state index in [-0.39, 0.29) is 6.42 Å². The molecule has 0 bridgehead atoms. The Morgan fingerprint density at radius 1 is 1.07 bits per heavy atom. The third-order valence-corrected chi connectivity index (χ3v) is 5.08. The van der Waals surface area contributed by atoms with Gasteiger partial charge in [0.25, 0.3) is 0 Å². The van der Waals surface area contributed by atoms with Crippen LogP contribution in [-0.2, 0) is 11.2 Å². The summed E-state index contributed by atoms with van der Waals surface area (Å²) < 4.78 is 0. The zero-order valence-electron chi connectivity index (χ0n) is 16.2. The first-order valence-electron chi connectivity index (χ1n) is 9.64. The number of hydrogen-bond acceptors (Lipinski definition) is 4. The van der Waals surface area contributed by atoms with E-state index in [1.54, 1.807) is 0 Å². The molecule has 2 aromatic carbocycles. The van der Waals surface area contributed by atoms with E-state index in [4.69, 9.17) is 15.9 Å². The highest BCUT2D eigenvalue weighted by Crippen LogP contribution is 2.29. The quantitative estimate of drug-likeness (QED) is 0.733. The molecule has 0 spiro atoms. The van der Waals surface area contributed by atoms with Crippen molar-refractivity contribution in [2.24, 2.45) is 10.8 Å². The van der Waals surface area contributed by atoms with Gasteiger partial charge in [0.15, 0.2) is 0 Å². The topological polar surface area (TPSA) is 78.9 Å². The Hall–Kier alpha value is -2.92. The molecule has 5 nitrogen and oxygen atoms in total. The number of nitrogens with zero attached hydrogens (tertiary/aromatic N) is 2. The van der Waals surface area contributed by atoms with E-state index < -0.39 is 11.6 Å². The van der Waals surface area contributed by atoms with Crippen LogP contribution >= 0.6 is 0 Å². The van der Waals surface area contributed by atoms with E-state index in [0.29, 0.717) is 13.0 Å². The summed E-state index contributed by atoms with van der Waals surface area (Å²) in [5.74, 6) is -0.803. The molecule has 0 saturated heterocycles. The number of carboxylic acids is 1. The molecule has 0 saturated carbocycles. The van der Waals surface area contributed by atoms with Crippen molar-refractivity contribution in [3.8, 4) is 0 Å². The number of hydrogen-bond donors (Lipinski definition) is 2. The Kier molecular flexibility index (Phi) is 6.26. The maximum absolute atomic E-state index is 10.9. The molecular formula is C23H27N3O2. The van der Waals surface area contributed by atoms with Crippen LogP contribution in [0.1, 0.15) is 37.3 Å². The minimum Gasteiger partial charge on any atom is -0.481 e. The zero-order valence-corrected chi connectivity index (χ0v) is 16.2. The van der Waals surface area contributed by atoms with Crippen molar-refractivity contribution in [1.29, 1.82) is 0 Å². The lowest BCUT2D eigenvalue weighted by atomic mass is 9.90. The summed E-state index contributed by atoms with van der Waals surface area (Å²) in [6.07, 6.45) is 4.40. The Balaban J connectivity index is 1.85. The molecule has 0 amide bonds. The van der Waals surface area contributed by atoms with Crippen LogP contribution in [0.2, 0.25) is 0 Å². The molecule has 0 aliphatic carbocycles. The second kappa shape index (κ2) is 8.85. The van der Waals surface area contributed by atoms with Crippen molar-refractivity contribution in [2.45, 2.75) is 38.3 Å². The SMILES string of the molecule is CC1(N)C(CCc2ccccc2)=CC(c2ccccc2)=NN1CCCC(=O)O. The largest absolute Gasteiger partial charge is 0.481 e. The first-order valence-corrected chi connectivity index (χ1v) is 9.64. The molecule has 1 heterocycles. The second-order valence-electron chi connectivity index (χ2n) is 7.27. The minimum absolute atomic E-state index is 0.103. The molecule has 3 N–H and O–H groups in total. The number of carbonyl (C=O) groups is 1. The molecule has 2 aromatic rings. The number of nitrogens with two attached hydrogens (primary N) is 1. The van der Waals surface area contributed by atoms with Crippen molar-refractivity contribution in [1.82, 2.24) is 5.01 Å². The van der Waals surface area contributed by atoms with Crippen LogP contribution < -0.4 is 5.73 Å². The van der Waals surface area contributed by atoms with Crippen LogP contribution in [0.3, 0.4) is 0 Å². The van der Waals surface area contributed by atoms with Crippen LogP contribution in [0.25, 0.3) is 0 Å². The molecule has 1 aliphatic rings. The molecule has 1 atom stereocenters. The van der Waals surface area contributed by atoms with Gasteiger partial charge in [-0.15, -0.1) is 0 Å². The van der Waals surface area contributed by atoms with Crippen LogP contribution in [0.4, 0.5) is 0 Å². The summed E-state index contributed by atoms with van der Waals surface area (Å²) in [5.41, 5.74) is 10.2. The van der Waals surface area contributed by atoms with Gasteiger partial charge >= 0.3 is 5.97 Å². The Bertz CT molecular complexity index is 858. The predicted molar refractivity (Wildman–Crippen MR) is 112 cm³/mol. The third-order valence-electron chi connectivity index (χ3n) is 5.08. The average Bonchev–Trinajstić information content (AvgIpc) is 2.69. The zero-order chi connectivity index (χ0) is 20.0. The number of aryl methyl sites for hydroxylation is 1. The maximum Gasteiger partial charge on any atom is 0.303 e. The van der Waals surface area contributed by atoms with Gasteiger partial charge in [0.05, 0.1) is 5.71 Å². The van der Waals surface area contributed by atoms with Crippen molar-refractivity contribution in [2.75, 3.05) is 6.54 Å². The standard InChI is InChI=1S/C23H27N3O2/c1-23(24)20(15-14-18-9-4-2-5-10-18)17-21(19-11-6-3-7-12-19)25-26(23)16-8-13-22(27)28/h2-7,9-12,17H,8,13-16,24H2,1H3,(H,27,28). The van der Waals surface area contributed by atoms with Crippen molar-refractivity contribution in [3.05, 3.63) is 83.4 Å². The molecule has 146 valence electrons. The lowest BCUT2D eigenvalue weighted by molar-refractivity contribution is -0.137. The Labute approximate surface area is 166 Å². The van der Waals surface area contributed by atoms with Crippen molar-refractivity contribution in [3.63, 3.8) is 0 Å². The fourth-order valence-corrected chi connectivity index (χ4v) is 3.40. The summed E-state index contributed by atoms with van der Waals surface area (Å²) in [6.45, 7) is 2.45. The Morgan fingerprint density at radius 3 is 2.36 bits per heavy atom. The number of aliphatic carboxylic acids is 1. The van der Waals surface area contributed by atoms with E-state index in [2.05, 4.69) is 18.2 Å². The van der Waals surface area contributed by atoms with Crippen LogP contribution in [-0.4, -0.2) is 34.0 Å². The van der Waals surface area contributed by atoms with Gasteiger partial charge in [-0.2, -0.15) is 5.10 Å². The molecule has 3 rings (SSSR count). The maximum atomic E-state index is 10.9. The first kappa shape index (κ1) is 19.8. The van der Waals surface area contributed by atoms with E-state index in [0.717, 1.165) is 29.7 Å². The molecular weight excluding hydrogens is 350 g/mol. The van der Waals surface area contributed by atoms with Crippen LogP contribution in [0.15, 0.2) is 77.4 Å². The molecule has 5 heteroatoms. The number of hydrazone groups is 1. The number of rotatable bonds is 8. The van der Waals surface area contributed by atoms with E-state index in [1.807, 2.05) is 60.5 Å². The third kappa shape index (κ3) is 4.87. The summed E-state index contributed by atoms with van der Waals surface area (Å²) in [5, 5.41) is 15.6. The fourth-order valence-electron chi connectivity index (χ4n) is 3.40. The number of carboxylic acid groups (broad SMARTS) is 1. The van der Waals surface area contributed by atoms with Crippen molar-refractivity contribution >= 4 is 11.7 Å². The van der Waals surface area contributed by atoms with E-state index in [9.17, 15) is 4.79 Å². The second-order valence-corrected chi connectivity index (χ2v) is 7.27. The smallest absolute Gasteiger partial charge is 0.303 e. The van der Waals surface area contributed by atoms with Gasteiger partial charge < -0.3 is 10.8 Å². The molecule has 1 unspecified atom stereocenters. The highest BCUT2D eigenvalue weighted by molar-refractivity contribution is 6.09. The van der Waals surface area contributed by atoms with Crippen LogP contribution in [0, 0.1) is 0 Å². The molecule has 0 radical (unpaired) electrons. The molecule has 1 aliphatic heterocycles. The van der Waals surface area contributed by atoms with Crippen molar-refractivity contribution < 1.29 is 9.90 Å². The molecule has 28 heavy (non-hydrogen) atoms. The predicted octanol–water partition coefficient (Wildman–Crippen LogP) is 3.81. The van der Waals surface area contributed by atoms with E-state index in [1.165, 1.54) is 5.56 Å². The fraction of sp³-hybridized carbons (Fsp3) is 0.304. The van der Waals surface area contributed by atoms with Gasteiger partial charge in [0, 0.05) is 18.5 Å². The Morgan fingerprint density at radius 2 is 1.71 bits per heavy atom. The summed E-state index contributed by atoms with van der Waals surface area (Å²) >= 11 is 0. The van der Waals surface area contributed by atoms with Gasteiger partial charge in [-0.1, -0.05) is 60.7 Å². The van der Waals surface area contributed by atoms with Gasteiger partial charge in [0.2, 0.25) is 0 Å². The van der Waals surface area contributed by atoms with Gasteiger partial charge in [-0.25, -0.2) is 0 Å².